The summed E-state index contributed by atoms with van der Waals surface area (Å²) in [5, 5.41) is 20.1. The number of carboxylic acids is 1. The van der Waals surface area contributed by atoms with Crippen LogP contribution >= 0.6 is 0 Å². The second kappa shape index (κ2) is 9.44. The van der Waals surface area contributed by atoms with Gasteiger partial charge in [-0.3, -0.25) is 14.4 Å². The van der Waals surface area contributed by atoms with Gasteiger partial charge in [0.15, 0.2) is 5.78 Å². The van der Waals surface area contributed by atoms with Gasteiger partial charge in [-0.2, -0.15) is 0 Å². The van der Waals surface area contributed by atoms with Gasteiger partial charge in [-0.05, 0) is 74.2 Å². The van der Waals surface area contributed by atoms with E-state index in [9.17, 15) is 19.2 Å². The lowest BCUT2D eigenvalue weighted by molar-refractivity contribution is -0.160. The Bertz CT molecular complexity index is 898. The highest BCUT2D eigenvalue weighted by Gasteiger charge is 2.59. The molecule has 0 bridgehead atoms. The molecule has 1 amide bonds. The maximum absolute atomic E-state index is 12.6. The van der Waals surface area contributed by atoms with Crippen LogP contribution in [0.15, 0.2) is 11.6 Å². The number of aliphatic hydroxyl groups is 1. The third kappa shape index (κ3) is 4.41. The number of rotatable bonds is 7. The molecule has 3 saturated carbocycles. The number of aliphatic hydroxyl groups excluding tert-OH is 1. The Balaban J connectivity index is 1.35. The van der Waals surface area contributed by atoms with E-state index in [4.69, 9.17) is 14.9 Å². The molecule has 4 rings (SSSR count). The second-order valence-electron chi connectivity index (χ2n) is 11.2. The molecular weight excluding hydrogens is 438 g/mol. The summed E-state index contributed by atoms with van der Waals surface area (Å²) in [7, 11) is 0. The van der Waals surface area contributed by atoms with Gasteiger partial charge >= 0.3 is 11.9 Å². The van der Waals surface area contributed by atoms with Crippen molar-refractivity contribution in [3.05, 3.63) is 11.6 Å². The van der Waals surface area contributed by atoms with Crippen molar-refractivity contribution < 1.29 is 34.1 Å². The summed E-state index contributed by atoms with van der Waals surface area (Å²) < 4.78 is 5.90. The molecule has 34 heavy (non-hydrogen) atoms. The Kier molecular flexibility index (Phi) is 6.91. The molecule has 4 aliphatic rings. The molecule has 3 fully saturated rings. The van der Waals surface area contributed by atoms with Crippen molar-refractivity contribution in [2.45, 2.75) is 90.2 Å². The lowest BCUT2D eigenvalue weighted by Gasteiger charge is -2.57. The van der Waals surface area contributed by atoms with Gasteiger partial charge in [-0.1, -0.05) is 19.4 Å². The van der Waals surface area contributed by atoms with Gasteiger partial charge in [-0.15, -0.1) is 0 Å². The highest BCUT2D eigenvalue weighted by Crippen LogP contribution is 2.65. The fraction of sp³-hybridized carbons (Fsp3) is 0.769. The molecule has 0 aromatic heterocycles. The quantitative estimate of drug-likeness (QED) is 0.483. The number of esters is 1. The van der Waals surface area contributed by atoms with E-state index in [1.807, 2.05) is 6.08 Å². The zero-order valence-corrected chi connectivity index (χ0v) is 20.2. The van der Waals surface area contributed by atoms with E-state index in [2.05, 4.69) is 19.2 Å². The molecule has 4 aliphatic carbocycles. The largest absolute Gasteiger partial charge is 0.480 e. The van der Waals surface area contributed by atoms with Crippen LogP contribution in [0.4, 0.5) is 0 Å². The van der Waals surface area contributed by atoms with Crippen molar-refractivity contribution in [1.29, 1.82) is 0 Å². The number of allylic oxidation sites excluding steroid dienone is 1. The first-order valence-corrected chi connectivity index (χ1v) is 12.6. The third-order valence-electron chi connectivity index (χ3n) is 9.52. The number of carbonyl (C=O) groups excluding carboxylic acids is 3. The summed E-state index contributed by atoms with van der Waals surface area (Å²) in [5.74, 6) is -0.447. The van der Waals surface area contributed by atoms with Gasteiger partial charge in [0.2, 0.25) is 5.91 Å². The monoisotopic (exact) mass is 475 g/mol. The predicted octanol–water partition coefficient (Wildman–Crippen LogP) is 2.77. The highest BCUT2D eigenvalue weighted by atomic mass is 16.5. The number of hydrogen-bond donors (Lipinski definition) is 3. The normalized spacial score (nSPS) is 37.5. The summed E-state index contributed by atoms with van der Waals surface area (Å²) in [6.45, 7) is 3.90. The SMILES string of the molecule is C[C@]12CC[C@@H]3[C@H](CCC4=CC(=O)CC[C@@]43C)[C@@H]1CC[C@@H]2OC(=O)CCC(=O)N[C@@H](CO)C(=O)O. The van der Waals surface area contributed by atoms with Crippen molar-refractivity contribution >= 4 is 23.6 Å². The van der Waals surface area contributed by atoms with E-state index >= 15 is 0 Å². The van der Waals surface area contributed by atoms with E-state index in [0.29, 0.717) is 24.2 Å². The molecule has 0 radical (unpaired) electrons. The van der Waals surface area contributed by atoms with Crippen LogP contribution < -0.4 is 5.32 Å². The topological polar surface area (TPSA) is 130 Å². The van der Waals surface area contributed by atoms with Crippen LogP contribution in [0.25, 0.3) is 0 Å². The molecule has 0 aromatic carbocycles. The molecule has 0 aliphatic heterocycles. The Hall–Kier alpha value is -2.22. The number of ether oxygens (including phenoxy) is 1. The Morgan fingerprint density at radius 3 is 2.56 bits per heavy atom. The molecule has 8 nitrogen and oxygen atoms in total. The average Bonchev–Trinajstić information content (AvgIpc) is 3.12. The molecule has 8 heteroatoms. The molecule has 0 aromatic rings. The van der Waals surface area contributed by atoms with Crippen LogP contribution in [0.5, 0.6) is 0 Å². The number of amides is 1. The average molecular weight is 476 g/mol. The molecular formula is C26H37NO7. The smallest absolute Gasteiger partial charge is 0.328 e. The zero-order chi connectivity index (χ0) is 24.7. The molecule has 0 heterocycles. The van der Waals surface area contributed by atoms with Gasteiger partial charge < -0.3 is 20.3 Å². The number of ketones is 1. The summed E-state index contributed by atoms with van der Waals surface area (Å²) in [6, 6.07) is -1.37. The fourth-order valence-corrected chi connectivity index (χ4v) is 7.59. The number of aliphatic carboxylic acids is 1. The summed E-state index contributed by atoms with van der Waals surface area (Å²) in [6.07, 6.45) is 9.05. The van der Waals surface area contributed by atoms with E-state index in [-0.39, 0.29) is 35.6 Å². The van der Waals surface area contributed by atoms with E-state index in [0.717, 1.165) is 44.9 Å². The lowest BCUT2D eigenvalue weighted by Crippen LogP contribution is -2.51. The van der Waals surface area contributed by atoms with Crippen molar-refractivity contribution in [3.8, 4) is 0 Å². The maximum Gasteiger partial charge on any atom is 0.328 e. The zero-order valence-electron chi connectivity index (χ0n) is 20.2. The van der Waals surface area contributed by atoms with Crippen LogP contribution in [0.3, 0.4) is 0 Å². The minimum atomic E-state index is -1.37. The number of fused-ring (bicyclic) bond motifs is 5. The number of nitrogens with one attached hydrogen (secondary N) is 1. The predicted molar refractivity (Wildman–Crippen MR) is 122 cm³/mol. The van der Waals surface area contributed by atoms with Gasteiger partial charge in [0.25, 0.3) is 0 Å². The van der Waals surface area contributed by atoms with Crippen LogP contribution in [0, 0.1) is 28.6 Å². The molecule has 0 saturated heterocycles. The maximum atomic E-state index is 12.6. The van der Waals surface area contributed by atoms with Crippen molar-refractivity contribution in [2.24, 2.45) is 28.6 Å². The van der Waals surface area contributed by atoms with Gasteiger partial charge in [0.05, 0.1) is 13.0 Å². The number of hydrogen-bond acceptors (Lipinski definition) is 6. The van der Waals surface area contributed by atoms with Crippen LogP contribution in [-0.4, -0.2) is 52.6 Å². The Morgan fingerprint density at radius 2 is 1.85 bits per heavy atom. The van der Waals surface area contributed by atoms with Crippen LogP contribution in [-0.2, 0) is 23.9 Å². The minimum absolute atomic E-state index is 0.0769. The number of carboxylic acid groups (broad SMARTS) is 1. The van der Waals surface area contributed by atoms with Crippen molar-refractivity contribution in [1.82, 2.24) is 5.32 Å². The Labute approximate surface area is 200 Å². The van der Waals surface area contributed by atoms with Gasteiger partial charge in [0, 0.05) is 18.3 Å². The van der Waals surface area contributed by atoms with Gasteiger partial charge in [0.1, 0.15) is 12.1 Å². The van der Waals surface area contributed by atoms with Crippen molar-refractivity contribution in [3.63, 3.8) is 0 Å². The highest BCUT2D eigenvalue weighted by molar-refractivity contribution is 5.91. The lowest BCUT2D eigenvalue weighted by atomic mass is 9.47. The molecule has 188 valence electrons. The van der Waals surface area contributed by atoms with Gasteiger partial charge in [-0.25, -0.2) is 4.79 Å². The molecule has 3 N–H and O–H groups in total. The first-order valence-electron chi connectivity index (χ1n) is 12.6. The summed E-state index contributed by atoms with van der Waals surface area (Å²) >= 11 is 0. The first kappa shape index (κ1) is 24.9. The molecule has 7 atom stereocenters. The second-order valence-corrected chi connectivity index (χ2v) is 11.2. The van der Waals surface area contributed by atoms with E-state index in [1.54, 1.807) is 0 Å². The van der Waals surface area contributed by atoms with Crippen LogP contribution in [0.2, 0.25) is 0 Å². The summed E-state index contributed by atoms with van der Waals surface area (Å²) in [5.41, 5.74) is 1.38. The molecule has 0 spiro atoms. The fourth-order valence-electron chi connectivity index (χ4n) is 7.59. The standard InChI is InChI=1S/C26H37NO7/c1-25-11-9-16(29)13-15(25)3-4-17-18-5-6-21(26(18,2)12-10-19(17)25)34-23(31)8-7-22(30)27-20(14-28)24(32)33/h13,17-21,28H,3-12,14H2,1-2H3,(H,27,30)(H,32,33)/t17-,18+,19-,20+,21+,25+,26+/m1/s1. The first-order chi connectivity index (χ1) is 16.1. The van der Waals surface area contributed by atoms with E-state index in [1.165, 1.54) is 5.57 Å². The summed E-state index contributed by atoms with van der Waals surface area (Å²) in [4.78, 5) is 47.4. The van der Waals surface area contributed by atoms with Crippen LogP contribution in [0.1, 0.15) is 78.1 Å². The van der Waals surface area contributed by atoms with E-state index < -0.39 is 30.5 Å². The number of carbonyl (C=O) groups is 4. The van der Waals surface area contributed by atoms with Crippen molar-refractivity contribution in [2.75, 3.05) is 6.61 Å². The molecule has 0 unspecified atom stereocenters. The third-order valence-corrected chi connectivity index (χ3v) is 9.52. The minimum Gasteiger partial charge on any atom is -0.480 e. The Morgan fingerprint density at radius 1 is 1.09 bits per heavy atom.